The third-order valence-electron chi connectivity index (χ3n) is 7.04. The zero-order valence-electron chi connectivity index (χ0n) is 23.1. The normalized spacial score (nSPS) is 16.1. The van der Waals surface area contributed by atoms with Crippen LogP contribution in [0.3, 0.4) is 0 Å². The van der Waals surface area contributed by atoms with E-state index in [1.807, 2.05) is 39.0 Å². The topological polar surface area (TPSA) is 54.8 Å². The van der Waals surface area contributed by atoms with E-state index < -0.39 is 5.60 Å². The third kappa shape index (κ3) is 7.95. The van der Waals surface area contributed by atoms with Crippen molar-refractivity contribution in [3.05, 3.63) is 103 Å². The van der Waals surface area contributed by atoms with Gasteiger partial charge in [-0.05, 0) is 70.0 Å². The molecule has 0 spiro atoms. The highest BCUT2D eigenvalue weighted by Gasteiger charge is 2.27. The van der Waals surface area contributed by atoms with E-state index in [0.717, 1.165) is 37.3 Å². The first-order valence-electron chi connectivity index (χ1n) is 13.4. The van der Waals surface area contributed by atoms with Gasteiger partial charge in [-0.1, -0.05) is 65.7 Å². The summed E-state index contributed by atoms with van der Waals surface area (Å²) >= 11 is 12.9. The van der Waals surface area contributed by atoms with E-state index in [4.69, 9.17) is 27.9 Å². The standard InChI is InChI=1S/C31H37Cl2N3O3/c1-31(2,3)39-30(38)24-12-10-22(11-13-24)14-17-36-28(26(32)18-27(33)29(36)37)21-34(4)25-15-16-35(20-25)19-23-8-6-5-7-9-23/h5-13,18,25H,14-17,19-21H2,1-4H3. The Labute approximate surface area is 241 Å². The predicted molar refractivity (Wildman–Crippen MR) is 158 cm³/mol. The molecular weight excluding hydrogens is 533 g/mol. The number of halogens is 2. The number of likely N-dealkylation sites (N-methyl/N-ethyl adjacent to an activating group) is 1. The van der Waals surface area contributed by atoms with Crippen molar-refractivity contribution in [3.8, 4) is 0 Å². The summed E-state index contributed by atoms with van der Waals surface area (Å²) < 4.78 is 7.14. The van der Waals surface area contributed by atoms with Crippen LogP contribution in [0.15, 0.2) is 65.5 Å². The fraction of sp³-hybridized carbons (Fsp3) is 0.419. The number of rotatable bonds is 9. The van der Waals surface area contributed by atoms with E-state index in [-0.39, 0.29) is 16.6 Å². The molecule has 2 aromatic carbocycles. The van der Waals surface area contributed by atoms with Crippen LogP contribution in [0.1, 0.15) is 54.4 Å². The van der Waals surface area contributed by atoms with Crippen molar-refractivity contribution < 1.29 is 9.53 Å². The second-order valence-corrected chi connectivity index (χ2v) is 12.1. The number of esters is 1. The van der Waals surface area contributed by atoms with Crippen LogP contribution >= 0.6 is 23.2 Å². The second-order valence-electron chi connectivity index (χ2n) is 11.3. The summed E-state index contributed by atoms with van der Waals surface area (Å²) in [7, 11) is 2.09. The highest BCUT2D eigenvalue weighted by molar-refractivity contribution is 6.34. The Balaban J connectivity index is 1.43. The van der Waals surface area contributed by atoms with Gasteiger partial charge in [0.25, 0.3) is 5.56 Å². The summed E-state index contributed by atoms with van der Waals surface area (Å²) in [6, 6.07) is 19.7. The van der Waals surface area contributed by atoms with E-state index in [9.17, 15) is 9.59 Å². The van der Waals surface area contributed by atoms with Crippen molar-refractivity contribution in [2.75, 3.05) is 20.1 Å². The molecule has 0 N–H and O–H groups in total. The van der Waals surface area contributed by atoms with Gasteiger partial charge in [0.05, 0.1) is 16.3 Å². The number of pyridine rings is 1. The summed E-state index contributed by atoms with van der Waals surface area (Å²) in [5.41, 5.74) is 2.78. The molecule has 0 amide bonds. The lowest BCUT2D eigenvalue weighted by molar-refractivity contribution is 0.00695. The maximum atomic E-state index is 13.1. The molecule has 3 aromatic rings. The zero-order valence-corrected chi connectivity index (χ0v) is 24.6. The molecule has 0 saturated carbocycles. The molecule has 4 rings (SSSR count). The number of likely N-dealkylation sites (tertiary alicyclic amines) is 1. The smallest absolute Gasteiger partial charge is 0.338 e. The van der Waals surface area contributed by atoms with E-state index in [0.29, 0.717) is 36.1 Å². The van der Waals surface area contributed by atoms with Gasteiger partial charge in [-0.3, -0.25) is 14.6 Å². The quantitative estimate of drug-likeness (QED) is 0.293. The van der Waals surface area contributed by atoms with Crippen molar-refractivity contribution in [2.24, 2.45) is 0 Å². The molecule has 1 aliphatic rings. The van der Waals surface area contributed by atoms with E-state index in [2.05, 4.69) is 41.1 Å². The van der Waals surface area contributed by atoms with Gasteiger partial charge in [-0.15, -0.1) is 0 Å². The molecule has 1 aliphatic heterocycles. The Morgan fingerprint density at radius 3 is 2.38 bits per heavy atom. The Kier molecular flexibility index (Phi) is 9.55. The van der Waals surface area contributed by atoms with Gasteiger partial charge in [0, 0.05) is 38.8 Å². The Morgan fingerprint density at radius 2 is 1.72 bits per heavy atom. The van der Waals surface area contributed by atoms with Crippen LogP contribution in [0.5, 0.6) is 0 Å². The van der Waals surface area contributed by atoms with Crippen LogP contribution in [0.4, 0.5) is 0 Å². The fourth-order valence-electron chi connectivity index (χ4n) is 4.94. The molecule has 39 heavy (non-hydrogen) atoms. The molecule has 2 heterocycles. The number of benzene rings is 2. The van der Waals surface area contributed by atoms with Crippen LogP contribution in [0, 0.1) is 0 Å². The summed E-state index contributed by atoms with van der Waals surface area (Å²) in [6.07, 6.45) is 1.65. The highest BCUT2D eigenvalue weighted by Crippen LogP contribution is 2.24. The summed E-state index contributed by atoms with van der Waals surface area (Å²) in [5.74, 6) is -0.355. The number of hydrogen-bond donors (Lipinski definition) is 0. The molecule has 1 aromatic heterocycles. The van der Waals surface area contributed by atoms with Crippen molar-refractivity contribution in [2.45, 2.75) is 64.9 Å². The molecule has 1 fully saturated rings. The first-order chi connectivity index (χ1) is 18.5. The van der Waals surface area contributed by atoms with E-state index in [1.54, 1.807) is 22.8 Å². The molecule has 208 valence electrons. The number of aryl methyl sites for hydroxylation is 1. The van der Waals surface area contributed by atoms with Crippen molar-refractivity contribution >= 4 is 29.2 Å². The van der Waals surface area contributed by atoms with Crippen LogP contribution in [0.25, 0.3) is 0 Å². The second kappa shape index (κ2) is 12.7. The first-order valence-corrected chi connectivity index (χ1v) is 14.1. The molecule has 0 radical (unpaired) electrons. The lowest BCUT2D eigenvalue weighted by atomic mass is 10.1. The third-order valence-corrected chi connectivity index (χ3v) is 7.63. The van der Waals surface area contributed by atoms with Gasteiger partial charge < -0.3 is 9.30 Å². The monoisotopic (exact) mass is 569 g/mol. The number of nitrogens with zero attached hydrogens (tertiary/aromatic N) is 3. The predicted octanol–water partition coefficient (Wildman–Crippen LogP) is 6.06. The van der Waals surface area contributed by atoms with Crippen LogP contribution in [0.2, 0.25) is 10.0 Å². The van der Waals surface area contributed by atoms with E-state index in [1.165, 1.54) is 5.56 Å². The molecule has 8 heteroatoms. The first kappa shape index (κ1) is 29.3. The molecule has 6 nitrogen and oxygen atoms in total. The number of carbonyl (C=O) groups is 1. The summed E-state index contributed by atoms with van der Waals surface area (Å²) in [6.45, 7) is 9.44. The molecule has 1 saturated heterocycles. The van der Waals surface area contributed by atoms with Gasteiger partial charge in [0.15, 0.2) is 0 Å². The molecule has 1 unspecified atom stereocenters. The minimum Gasteiger partial charge on any atom is -0.456 e. The van der Waals surface area contributed by atoms with Crippen molar-refractivity contribution in [1.82, 2.24) is 14.4 Å². The number of ether oxygens (including phenoxy) is 1. The molecule has 0 aliphatic carbocycles. The van der Waals surface area contributed by atoms with Gasteiger partial charge in [0.1, 0.15) is 10.6 Å². The molecule has 0 bridgehead atoms. The summed E-state index contributed by atoms with van der Waals surface area (Å²) in [5, 5.41) is 0.604. The van der Waals surface area contributed by atoms with Crippen LogP contribution in [-0.4, -0.2) is 52.1 Å². The fourth-order valence-corrected chi connectivity index (χ4v) is 5.48. The van der Waals surface area contributed by atoms with Crippen LogP contribution in [-0.2, 0) is 30.8 Å². The maximum absolute atomic E-state index is 13.1. The van der Waals surface area contributed by atoms with Gasteiger partial charge >= 0.3 is 5.97 Å². The summed E-state index contributed by atoms with van der Waals surface area (Å²) in [4.78, 5) is 30.2. The minimum atomic E-state index is -0.551. The molecule has 1 atom stereocenters. The lowest BCUT2D eigenvalue weighted by Gasteiger charge is -2.27. The minimum absolute atomic E-state index is 0.113. The van der Waals surface area contributed by atoms with Crippen molar-refractivity contribution in [1.29, 1.82) is 0 Å². The zero-order chi connectivity index (χ0) is 28.2. The Hall–Kier alpha value is -2.64. The average Bonchev–Trinajstić information content (AvgIpc) is 3.35. The van der Waals surface area contributed by atoms with Gasteiger partial charge in [0.2, 0.25) is 0 Å². The van der Waals surface area contributed by atoms with Crippen LogP contribution < -0.4 is 5.56 Å². The maximum Gasteiger partial charge on any atom is 0.338 e. The molecular formula is C31H37Cl2N3O3. The Bertz CT molecular complexity index is 1330. The lowest BCUT2D eigenvalue weighted by Crippen LogP contribution is -2.36. The average molecular weight is 571 g/mol. The highest BCUT2D eigenvalue weighted by atomic mass is 35.5. The number of aromatic nitrogens is 1. The number of carbonyl (C=O) groups excluding carboxylic acids is 1. The van der Waals surface area contributed by atoms with E-state index >= 15 is 0 Å². The SMILES string of the molecule is CN(Cc1c(Cl)cc(Cl)c(=O)n1CCc1ccc(C(=O)OC(C)(C)C)cc1)C1CCN(Cc2ccccc2)C1. The van der Waals surface area contributed by atoms with Gasteiger partial charge in [-0.25, -0.2) is 4.79 Å². The largest absolute Gasteiger partial charge is 0.456 e. The van der Waals surface area contributed by atoms with Crippen molar-refractivity contribution in [3.63, 3.8) is 0 Å². The number of hydrogen-bond acceptors (Lipinski definition) is 5. The van der Waals surface area contributed by atoms with Gasteiger partial charge in [-0.2, -0.15) is 0 Å². The Morgan fingerprint density at radius 1 is 1.03 bits per heavy atom.